The van der Waals surface area contributed by atoms with E-state index >= 15 is 0 Å². The highest BCUT2D eigenvalue weighted by atomic mass is 127. The second kappa shape index (κ2) is 2.28. The van der Waals surface area contributed by atoms with Crippen LogP contribution in [0.15, 0.2) is 0 Å². The van der Waals surface area contributed by atoms with Crippen molar-refractivity contribution in [2.24, 2.45) is 11.5 Å². The molecule has 7 heavy (non-hydrogen) atoms. The summed E-state index contributed by atoms with van der Waals surface area (Å²) < 4.78 is 0.0464. The molecule has 0 aromatic carbocycles. The largest absolute Gasteiger partial charge is 0.324 e. The van der Waals surface area contributed by atoms with Crippen LogP contribution in [0.3, 0.4) is 0 Å². The van der Waals surface area contributed by atoms with Crippen LogP contribution in [-0.4, -0.2) is 9.59 Å². The van der Waals surface area contributed by atoms with Crippen LogP contribution >= 0.6 is 22.6 Å². The molecule has 0 radical (unpaired) electrons. The third-order valence-corrected chi connectivity index (χ3v) is 2.32. The van der Waals surface area contributed by atoms with E-state index in [4.69, 9.17) is 11.5 Å². The first kappa shape index (κ1) is 7.65. The minimum Gasteiger partial charge on any atom is -0.324 e. The first-order chi connectivity index (χ1) is 2.94. The van der Waals surface area contributed by atoms with Gasteiger partial charge in [-0.15, -0.1) is 0 Å². The zero-order chi connectivity index (χ0) is 6.08. The number of hydrogen-bond donors (Lipinski definition) is 2. The molecule has 0 amide bonds. The molecule has 1 unspecified atom stereocenters. The fourth-order valence-corrected chi connectivity index (χ4v) is 0. The van der Waals surface area contributed by atoms with E-state index in [1.165, 1.54) is 0 Å². The molecule has 0 aromatic heterocycles. The number of rotatable bonds is 1. The zero-order valence-electron chi connectivity index (χ0n) is 4.61. The van der Waals surface area contributed by atoms with Gasteiger partial charge in [0.2, 0.25) is 0 Å². The Kier molecular flexibility index (Phi) is 2.49. The van der Waals surface area contributed by atoms with Crippen molar-refractivity contribution in [3.8, 4) is 0 Å². The van der Waals surface area contributed by atoms with Crippen molar-refractivity contribution >= 4 is 22.6 Å². The number of halogens is 1. The number of alkyl halides is 1. The van der Waals surface area contributed by atoms with Gasteiger partial charge in [-0.1, -0.05) is 22.6 Å². The predicted molar refractivity (Wildman–Crippen MR) is 40.3 cm³/mol. The summed E-state index contributed by atoms with van der Waals surface area (Å²) in [6.45, 7) is 3.81. The minimum absolute atomic E-state index is 0.0464. The Morgan fingerprint density at radius 2 is 1.71 bits per heavy atom. The molecule has 2 nitrogen and oxygen atoms in total. The molecule has 1 atom stereocenters. The summed E-state index contributed by atoms with van der Waals surface area (Å²) in [7, 11) is 0. The molecule has 0 fully saturated rings. The molecule has 0 aromatic rings. The van der Waals surface area contributed by atoms with E-state index in [2.05, 4.69) is 22.6 Å². The molecular weight excluding hydrogens is 203 g/mol. The first-order valence-electron chi connectivity index (χ1n) is 2.13. The topological polar surface area (TPSA) is 52.0 Å². The molecule has 0 rings (SSSR count). The molecular formula is C4H11IN2. The summed E-state index contributed by atoms with van der Waals surface area (Å²) in [6, 6.07) is 0. The lowest BCUT2D eigenvalue weighted by atomic mass is 10.1. The second-order valence-electron chi connectivity index (χ2n) is 2.22. The smallest absolute Gasteiger partial charge is 0.0745 e. The van der Waals surface area contributed by atoms with E-state index in [1.807, 2.05) is 13.8 Å². The van der Waals surface area contributed by atoms with E-state index < -0.39 is 0 Å². The first-order valence-corrected chi connectivity index (χ1v) is 3.37. The quantitative estimate of drug-likeness (QED) is 0.378. The van der Waals surface area contributed by atoms with Gasteiger partial charge in [0.15, 0.2) is 0 Å². The average Bonchev–Trinajstić information content (AvgIpc) is 1.31. The highest BCUT2D eigenvalue weighted by Gasteiger charge is 2.16. The van der Waals surface area contributed by atoms with Gasteiger partial charge < -0.3 is 11.5 Å². The Morgan fingerprint density at radius 1 is 1.57 bits per heavy atom. The van der Waals surface area contributed by atoms with Gasteiger partial charge in [-0.05, 0) is 13.8 Å². The van der Waals surface area contributed by atoms with Crippen molar-refractivity contribution < 1.29 is 0 Å². The lowest BCUT2D eigenvalue weighted by Crippen LogP contribution is -2.46. The van der Waals surface area contributed by atoms with E-state index in [0.29, 0.717) is 0 Å². The summed E-state index contributed by atoms with van der Waals surface area (Å²) in [5.74, 6) is 0. The van der Waals surface area contributed by atoms with Crippen molar-refractivity contribution in [1.29, 1.82) is 0 Å². The summed E-state index contributed by atoms with van der Waals surface area (Å²) >= 11 is 2.10. The highest BCUT2D eigenvalue weighted by molar-refractivity contribution is 14.1. The maximum absolute atomic E-state index is 5.55. The van der Waals surface area contributed by atoms with Crippen LogP contribution in [0.25, 0.3) is 0 Å². The van der Waals surface area contributed by atoms with Crippen molar-refractivity contribution in [2.45, 2.75) is 23.4 Å². The third-order valence-electron chi connectivity index (χ3n) is 0.711. The van der Waals surface area contributed by atoms with Gasteiger partial charge in [-0.25, -0.2) is 0 Å². The SMILES string of the molecule is CC(C)(N)C(N)I. The van der Waals surface area contributed by atoms with Gasteiger partial charge in [-0.2, -0.15) is 0 Å². The maximum atomic E-state index is 5.55. The van der Waals surface area contributed by atoms with Gasteiger partial charge in [0.05, 0.1) is 4.05 Å². The molecule has 44 valence electrons. The lowest BCUT2D eigenvalue weighted by Gasteiger charge is -2.20. The lowest BCUT2D eigenvalue weighted by molar-refractivity contribution is 0.517. The Hall–Kier alpha value is 0.650. The van der Waals surface area contributed by atoms with Crippen LogP contribution in [-0.2, 0) is 0 Å². The van der Waals surface area contributed by atoms with Crippen molar-refractivity contribution in [3.05, 3.63) is 0 Å². The summed E-state index contributed by atoms with van der Waals surface area (Å²) in [4.78, 5) is 0. The van der Waals surface area contributed by atoms with E-state index in [1.54, 1.807) is 0 Å². The Labute approximate surface area is 57.8 Å². The number of nitrogens with two attached hydrogens (primary N) is 2. The Balaban J connectivity index is 3.54. The van der Waals surface area contributed by atoms with Gasteiger partial charge in [-0.3, -0.25) is 0 Å². The molecule has 0 saturated carbocycles. The molecule has 0 saturated heterocycles. The van der Waals surface area contributed by atoms with Gasteiger partial charge in [0.1, 0.15) is 0 Å². The molecule has 4 N–H and O–H groups in total. The molecule has 0 aliphatic rings. The minimum atomic E-state index is -0.236. The molecule has 3 heteroatoms. The van der Waals surface area contributed by atoms with Crippen LogP contribution in [0, 0.1) is 0 Å². The van der Waals surface area contributed by atoms with Gasteiger partial charge >= 0.3 is 0 Å². The fourth-order valence-electron chi connectivity index (χ4n) is 0. The van der Waals surface area contributed by atoms with Gasteiger partial charge in [0.25, 0.3) is 0 Å². The van der Waals surface area contributed by atoms with Gasteiger partial charge in [0, 0.05) is 5.54 Å². The fraction of sp³-hybridized carbons (Fsp3) is 1.00. The summed E-state index contributed by atoms with van der Waals surface area (Å²) in [5.41, 5.74) is 10.7. The van der Waals surface area contributed by atoms with Crippen molar-refractivity contribution in [2.75, 3.05) is 0 Å². The summed E-state index contributed by atoms with van der Waals surface area (Å²) in [5, 5.41) is 0. The van der Waals surface area contributed by atoms with Crippen LogP contribution in [0.5, 0.6) is 0 Å². The average molecular weight is 214 g/mol. The monoisotopic (exact) mass is 214 g/mol. The molecule has 0 spiro atoms. The zero-order valence-corrected chi connectivity index (χ0v) is 6.77. The van der Waals surface area contributed by atoms with Crippen molar-refractivity contribution in [3.63, 3.8) is 0 Å². The summed E-state index contributed by atoms with van der Waals surface area (Å²) in [6.07, 6.45) is 0. The standard InChI is InChI=1S/C4H11IN2/c1-4(2,7)3(5)6/h3H,6-7H2,1-2H3. The molecule has 0 aliphatic carbocycles. The Morgan fingerprint density at radius 3 is 1.71 bits per heavy atom. The second-order valence-corrected chi connectivity index (χ2v) is 3.57. The molecule has 0 bridgehead atoms. The molecule has 0 heterocycles. The normalized spacial score (nSPS) is 16.7. The Bertz CT molecular complexity index is 55.2. The van der Waals surface area contributed by atoms with Crippen LogP contribution in [0.1, 0.15) is 13.8 Å². The predicted octanol–water partition coefficient (Wildman–Crippen LogP) is 0.443. The van der Waals surface area contributed by atoms with Crippen LogP contribution in [0.2, 0.25) is 0 Å². The van der Waals surface area contributed by atoms with Crippen molar-refractivity contribution in [1.82, 2.24) is 0 Å². The van der Waals surface area contributed by atoms with Crippen LogP contribution in [0.4, 0.5) is 0 Å². The third kappa shape index (κ3) is 3.25. The number of hydrogen-bond acceptors (Lipinski definition) is 2. The maximum Gasteiger partial charge on any atom is 0.0745 e. The highest BCUT2D eigenvalue weighted by Crippen LogP contribution is 2.07. The van der Waals surface area contributed by atoms with Crippen LogP contribution < -0.4 is 11.5 Å². The van der Waals surface area contributed by atoms with E-state index in [9.17, 15) is 0 Å². The van der Waals surface area contributed by atoms with E-state index in [0.717, 1.165) is 0 Å². The van der Waals surface area contributed by atoms with E-state index in [-0.39, 0.29) is 9.59 Å². The molecule has 0 aliphatic heterocycles.